The molecule has 2 aliphatic rings. The van der Waals surface area contributed by atoms with Crippen LogP contribution >= 0.6 is 0 Å². The molecule has 0 bridgehead atoms. The lowest BCUT2D eigenvalue weighted by molar-refractivity contribution is -0.137. The smallest absolute Gasteiger partial charge is 0.297 e. The van der Waals surface area contributed by atoms with Crippen LogP contribution in [0.2, 0.25) is 0 Å². The summed E-state index contributed by atoms with van der Waals surface area (Å²) in [5.41, 5.74) is 4.25. The highest BCUT2D eigenvalue weighted by Crippen LogP contribution is 2.36. The van der Waals surface area contributed by atoms with E-state index in [-0.39, 0.29) is 24.5 Å². The standard InChI is InChI=1S/C30H28F5N5O/c1-17-13-19(28-36-15-20-14-21(30(33,34)35)4-6-24(20)37-28)3-5-22(17)23-7-10-40-26(27(23)41)18(2)25(38-40)16-39-11-8-29(31,32)9-12-39/h3-6,13-15,23H,7-12,16H2,1-2H3. The first kappa shape index (κ1) is 27.4. The Labute approximate surface area is 233 Å². The molecule has 0 N–H and O–H groups in total. The molecule has 6 nitrogen and oxygen atoms in total. The zero-order valence-electron chi connectivity index (χ0n) is 22.6. The average molecular weight is 570 g/mol. The lowest BCUT2D eigenvalue weighted by atomic mass is 9.84. The van der Waals surface area contributed by atoms with Gasteiger partial charge in [-0.15, -0.1) is 0 Å². The highest BCUT2D eigenvalue weighted by molar-refractivity contribution is 6.01. The number of hydrogen-bond donors (Lipinski definition) is 0. The summed E-state index contributed by atoms with van der Waals surface area (Å²) in [5.74, 6) is -2.60. The van der Waals surface area contributed by atoms with Crippen molar-refractivity contribution in [3.8, 4) is 11.4 Å². The van der Waals surface area contributed by atoms with Crippen LogP contribution in [-0.2, 0) is 19.3 Å². The van der Waals surface area contributed by atoms with Crippen LogP contribution in [0, 0.1) is 13.8 Å². The predicted molar refractivity (Wildman–Crippen MR) is 143 cm³/mol. The number of aryl methyl sites for hydroxylation is 2. The number of piperidine rings is 1. The predicted octanol–water partition coefficient (Wildman–Crippen LogP) is 6.73. The number of alkyl halides is 5. The van der Waals surface area contributed by atoms with Gasteiger partial charge < -0.3 is 0 Å². The quantitative estimate of drug-likeness (QED) is 0.255. The lowest BCUT2D eigenvalue weighted by Crippen LogP contribution is -2.39. The summed E-state index contributed by atoms with van der Waals surface area (Å²) in [4.78, 5) is 24.4. The Morgan fingerprint density at radius 1 is 1.02 bits per heavy atom. The molecule has 214 valence electrons. The van der Waals surface area contributed by atoms with Crippen molar-refractivity contribution in [2.45, 2.75) is 64.2 Å². The van der Waals surface area contributed by atoms with Crippen molar-refractivity contribution in [1.82, 2.24) is 24.6 Å². The van der Waals surface area contributed by atoms with Crippen LogP contribution in [-0.4, -0.2) is 49.4 Å². The second-order valence-electron chi connectivity index (χ2n) is 11.0. The van der Waals surface area contributed by atoms with Gasteiger partial charge in [0.15, 0.2) is 11.6 Å². The van der Waals surface area contributed by atoms with Crippen molar-refractivity contribution in [3.63, 3.8) is 0 Å². The molecule has 0 amide bonds. The van der Waals surface area contributed by atoms with Crippen LogP contribution in [0.3, 0.4) is 0 Å². The monoisotopic (exact) mass is 569 g/mol. The Kier molecular flexibility index (Phi) is 6.67. The summed E-state index contributed by atoms with van der Waals surface area (Å²) in [6.07, 6.45) is -2.81. The minimum Gasteiger partial charge on any atom is -0.297 e. The average Bonchev–Trinajstić information content (AvgIpc) is 3.24. The van der Waals surface area contributed by atoms with Crippen LogP contribution in [0.1, 0.15) is 63.6 Å². The molecule has 2 aromatic heterocycles. The van der Waals surface area contributed by atoms with Crippen molar-refractivity contribution >= 4 is 16.7 Å². The molecular weight excluding hydrogens is 541 g/mol. The fraction of sp³-hybridized carbons (Fsp3) is 0.400. The van der Waals surface area contributed by atoms with Gasteiger partial charge in [-0.1, -0.05) is 12.1 Å². The summed E-state index contributed by atoms with van der Waals surface area (Å²) in [6, 6.07) is 8.99. The molecule has 0 saturated carbocycles. The van der Waals surface area contributed by atoms with Crippen LogP contribution < -0.4 is 0 Å². The van der Waals surface area contributed by atoms with E-state index in [0.29, 0.717) is 60.6 Å². The second kappa shape index (κ2) is 9.97. The molecule has 0 aliphatic carbocycles. The van der Waals surface area contributed by atoms with E-state index in [1.165, 1.54) is 12.3 Å². The Bertz CT molecular complexity index is 1650. The van der Waals surface area contributed by atoms with Gasteiger partial charge in [0.2, 0.25) is 0 Å². The van der Waals surface area contributed by atoms with Gasteiger partial charge in [0.05, 0.1) is 22.7 Å². The number of Topliss-reactive ketones (excluding diaryl/α,β-unsaturated/α-hetero) is 1. The third kappa shape index (κ3) is 5.23. The number of halogens is 5. The zero-order chi connectivity index (χ0) is 29.1. The van der Waals surface area contributed by atoms with Gasteiger partial charge >= 0.3 is 6.18 Å². The molecular formula is C30H28F5N5O. The highest BCUT2D eigenvalue weighted by atomic mass is 19.4. The first-order valence-electron chi connectivity index (χ1n) is 13.6. The minimum absolute atomic E-state index is 0.0176. The highest BCUT2D eigenvalue weighted by Gasteiger charge is 2.36. The number of ketones is 1. The Hall–Kier alpha value is -3.73. The van der Waals surface area contributed by atoms with E-state index in [4.69, 9.17) is 0 Å². The van der Waals surface area contributed by atoms with Crippen molar-refractivity contribution < 1.29 is 26.7 Å². The number of aromatic nitrogens is 4. The summed E-state index contributed by atoms with van der Waals surface area (Å²) >= 11 is 0. The van der Waals surface area contributed by atoms with E-state index >= 15 is 0 Å². The van der Waals surface area contributed by atoms with E-state index < -0.39 is 17.7 Å². The van der Waals surface area contributed by atoms with Gasteiger partial charge in [-0.3, -0.25) is 14.4 Å². The largest absolute Gasteiger partial charge is 0.416 e. The van der Waals surface area contributed by atoms with Crippen LogP contribution in [0.15, 0.2) is 42.6 Å². The molecule has 2 aromatic carbocycles. The Morgan fingerprint density at radius 3 is 2.49 bits per heavy atom. The van der Waals surface area contributed by atoms with Crippen molar-refractivity contribution in [3.05, 3.63) is 76.2 Å². The molecule has 1 atom stereocenters. The molecule has 4 heterocycles. The number of carbonyl (C=O) groups excluding carboxylic acids is 1. The molecule has 0 spiro atoms. The van der Waals surface area contributed by atoms with Gasteiger partial charge in [-0.25, -0.2) is 18.7 Å². The zero-order valence-corrected chi connectivity index (χ0v) is 22.6. The van der Waals surface area contributed by atoms with E-state index in [9.17, 15) is 26.7 Å². The SMILES string of the molecule is Cc1cc(-c2ncc3cc(C(F)(F)F)ccc3n2)ccc1C1CCn2nc(CN3CCC(F)(F)CC3)c(C)c2C1=O. The fourth-order valence-electron chi connectivity index (χ4n) is 5.87. The van der Waals surface area contributed by atoms with E-state index in [1.54, 1.807) is 4.68 Å². The van der Waals surface area contributed by atoms with Crippen LogP contribution in [0.25, 0.3) is 22.3 Å². The number of rotatable bonds is 4. The third-order valence-corrected chi connectivity index (χ3v) is 8.24. The first-order valence-corrected chi connectivity index (χ1v) is 13.6. The van der Waals surface area contributed by atoms with Crippen molar-refractivity contribution in [1.29, 1.82) is 0 Å². The maximum absolute atomic E-state index is 13.7. The molecule has 2 aliphatic heterocycles. The molecule has 0 radical (unpaired) electrons. The normalized spacial score (nSPS) is 19.5. The van der Waals surface area contributed by atoms with E-state index in [1.807, 2.05) is 36.9 Å². The summed E-state index contributed by atoms with van der Waals surface area (Å²) in [7, 11) is 0. The lowest BCUT2D eigenvalue weighted by Gasteiger charge is -2.31. The van der Waals surface area contributed by atoms with Crippen molar-refractivity contribution in [2.24, 2.45) is 0 Å². The van der Waals surface area contributed by atoms with E-state index in [0.717, 1.165) is 34.5 Å². The molecule has 6 rings (SSSR count). The van der Waals surface area contributed by atoms with Gasteiger partial charge in [-0.2, -0.15) is 18.3 Å². The van der Waals surface area contributed by atoms with Gasteiger partial charge in [0.25, 0.3) is 5.92 Å². The topological polar surface area (TPSA) is 63.9 Å². The summed E-state index contributed by atoms with van der Waals surface area (Å²) < 4.78 is 68.0. The Balaban J connectivity index is 1.22. The molecule has 4 aromatic rings. The van der Waals surface area contributed by atoms with Crippen molar-refractivity contribution in [2.75, 3.05) is 13.1 Å². The van der Waals surface area contributed by atoms with E-state index in [2.05, 4.69) is 15.1 Å². The summed E-state index contributed by atoms with van der Waals surface area (Å²) in [5, 5.41) is 4.97. The first-order chi connectivity index (χ1) is 19.4. The second-order valence-corrected chi connectivity index (χ2v) is 11.0. The van der Waals surface area contributed by atoms with Crippen LogP contribution in [0.4, 0.5) is 22.0 Å². The number of carbonyl (C=O) groups is 1. The maximum atomic E-state index is 13.7. The third-order valence-electron chi connectivity index (χ3n) is 8.24. The number of likely N-dealkylation sites (tertiary alicyclic amines) is 1. The summed E-state index contributed by atoms with van der Waals surface area (Å²) in [6.45, 7) is 5.39. The number of hydrogen-bond acceptors (Lipinski definition) is 5. The van der Waals surface area contributed by atoms with Gasteiger partial charge in [0.1, 0.15) is 5.69 Å². The number of benzene rings is 2. The van der Waals surface area contributed by atoms with Gasteiger partial charge in [-0.05, 0) is 55.7 Å². The molecule has 1 unspecified atom stereocenters. The molecule has 1 saturated heterocycles. The van der Waals surface area contributed by atoms with Crippen LogP contribution in [0.5, 0.6) is 0 Å². The number of fused-ring (bicyclic) bond motifs is 2. The fourth-order valence-corrected chi connectivity index (χ4v) is 5.87. The maximum Gasteiger partial charge on any atom is 0.416 e. The minimum atomic E-state index is -4.44. The van der Waals surface area contributed by atoms with Gasteiger partial charge in [0, 0.05) is 61.7 Å². The number of nitrogens with zero attached hydrogens (tertiary/aromatic N) is 5. The molecule has 41 heavy (non-hydrogen) atoms. The molecule has 1 fully saturated rings. The Morgan fingerprint density at radius 2 is 1.78 bits per heavy atom. The molecule has 11 heteroatoms.